The highest BCUT2D eigenvalue weighted by Crippen LogP contribution is 2.28. The number of hydrogen-bond acceptors (Lipinski definition) is 7. The number of rotatable bonds is 6. The first-order valence-corrected chi connectivity index (χ1v) is 10.4. The summed E-state index contributed by atoms with van der Waals surface area (Å²) in [5, 5.41) is 8.65. The number of hydrogen-bond donors (Lipinski definition) is 0. The molecule has 1 aliphatic heterocycles. The summed E-state index contributed by atoms with van der Waals surface area (Å²) in [6, 6.07) is 15.1. The molecule has 0 radical (unpaired) electrons. The average molecular weight is 431 g/mol. The first-order chi connectivity index (χ1) is 15.7. The topological polar surface area (TPSA) is 80.7 Å². The molecule has 0 saturated carbocycles. The number of ether oxygens (including phenoxy) is 2. The molecule has 8 nitrogen and oxygen atoms in total. The number of anilines is 1. The lowest BCUT2D eigenvalue weighted by molar-refractivity contribution is -0.126. The standard InChI is InChI=1S/C24H25N5O3/c1-31-21-9-6-18(17-22(21)32-2)7-11-24(30)29-15-13-28(14-16-29)23-10-8-20(26-27-23)19-5-3-4-12-25-19/h3-12,17H,13-16H2,1-2H3/b11-7+. The monoisotopic (exact) mass is 431 g/mol. The zero-order valence-corrected chi connectivity index (χ0v) is 18.1. The van der Waals surface area contributed by atoms with Crippen LogP contribution in [-0.2, 0) is 4.79 Å². The molecule has 0 atom stereocenters. The predicted octanol–water partition coefficient (Wildman–Crippen LogP) is 2.92. The lowest BCUT2D eigenvalue weighted by Gasteiger charge is -2.34. The Kier molecular flexibility index (Phi) is 6.60. The van der Waals surface area contributed by atoms with E-state index in [1.807, 2.05) is 53.4 Å². The third-order valence-electron chi connectivity index (χ3n) is 5.32. The van der Waals surface area contributed by atoms with Gasteiger partial charge in [0.25, 0.3) is 0 Å². The van der Waals surface area contributed by atoms with Gasteiger partial charge in [-0.3, -0.25) is 9.78 Å². The minimum absolute atomic E-state index is 0.0176. The molecule has 3 heterocycles. The number of benzene rings is 1. The lowest BCUT2D eigenvalue weighted by Crippen LogP contribution is -2.48. The Morgan fingerprint density at radius 2 is 1.72 bits per heavy atom. The summed E-state index contributed by atoms with van der Waals surface area (Å²) in [6.45, 7) is 2.65. The van der Waals surface area contributed by atoms with E-state index in [9.17, 15) is 4.79 Å². The maximum Gasteiger partial charge on any atom is 0.246 e. The number of nitrogens with zero attached hydrogens (tertiary/aromatic N) is 5. The Morgan fingerprint density at radius 3 is 2.38 bits per heavy atom. The summed E-state index contributed by atoms with van der Waals surface area (Å²) in [7, 11) is 3.18. The Hall–Kier alpha value is -3.94. The highest BCUT2D eigenvalue weighted by Gasteiger charge is 2.21. The van der Waals surface area contributed by atoms with E-state index in [-0.39, 0.29) is 5.91 Å². The molecule has 1 fully saturated rings. The molecule has 2 aromatic heterocycles. The maximum atomic E-state index is 12.6. The van der Waals surface area contributed by atoms with Gasteiger partial charge >= 0.3 is 0 Å². The van der Waals surface area contributed by atoms with Crippen molar-refractivity contribution in [1.82, 2.24) is 20.1 Å². The molecule has 164 valence electrons. The van der Waals surface area contributed by atoms with Crippen LogP contribution in [0.5, 0.6) is 11.5 Å². The van der Waals surface area contributed by atoms with Crippen LogP contribution in [0.25, 0.3) is 17.5 Å². The van der Waals surface area contributed by atoms with E-state index >= 15 is 0 Å². The normalized spacial score (nSPS) is 13.9. The minimum atomic E-state index is -0.0176. The third-order valence-corrected chi connectivity index (χ3v) is 5.32. The van der Waals surface area contributed by atoms with E-state index in [1.54, 1.807) is 32.6 Å². The van der Waals surface area contributed by atoms with Gasteiger partial charge in [-0.15, -0.1) is 10.2 Å². The Bertz CT molecular complexity index is 1080. The Balaban J connectivity index is 1.33. The molecular formula is C24H25N5O3. The second-order valence-electron chi connectivity index (χ2n) is 7.25. The van der Waals surface area contributed by atoms with E-state index in [2.05, 4.69) is 20.1 Å². The van der Waals surface area contributed by atoms with Crippen molar-refractivity contribution in [1.29, 1.82) is 0 Å². The van der Waals surface area contributed by atoms with Crippen LogP contribution in [0.4, 0.5) is 5.82 Å². The van der Waals surface area contributed by atoms with E-state index < -0.39 is 0 Å². The molecule has 0 aliphatic carbocycles. The van der Waals surface area contributed by atoms with Crippen molar-refractivity contribution in [3.05, 3.63) is 66.4 Å². The van der Waals surface area contributed by atoms with Crippen LogP contribution in [0, 0.1) is 0 Å². The molecule has 3 aromatic rings. The molecule has 32 heavy (non-hydrogen) atoms. The van der Waals surface area contributed by atoms with Crippen LogP contribution in [0.15, 0.2) is 60.8 Å². The summed E-state index contributed by atoms with van der Waals surface area (Å²) < 4.78 is 10.6. The molecule has 0 unspecified atom stereocenters. The van der Waals surface area contributed by atoms with Crippen molar-refractivity contribution < 1.29 is 14.3 Å². The van der Waals surface area contributed by atoms with Crippen LogP contribution < -0.4 is 14.4 Å². The molecule has 0 spiro atoms. The minimum Gasteiger partial charge on any atom is -0.493 e. The van der Waals surface area contributed by atoms with Crippen LogP contribution in [0.1, 0.15) is 5.56 Å². The van der Waals surface area contributed by atoms with Gasteiger partial charge in [0, 0.05) is 38.5 Å². The molecule has 1 saturated heterocycles. The number of carbonyl (C=O) groups excluding carboxylic acids is 1. The average Bonchev–Trinajstić information content (AvgIpc) is 2.87. The van der Waals surface area contributed by atoms with Gasteiger partial charge in [0.15, 0.2) is 17.3 Å². The zero-order valence-electron chi connectivity index (χ0n) is 18.1. The fourth-order valence-corrected chi connectivity index (χ4v) is 3.53. The van der Waals surface area contributed by atoms with E-state index in [0.717, 1.165) is 22.8 Å². The van der Waals surface area contributed by atoms with Crippen LogP contribution in [0.3, 0.4) is 0 Å². The van der Waals surface area contributed by atoms with Crippen LogP contribution >= 0.6 is 0 Å². The summed E-state index contributed by atoms with van der Waals surface area (Å²) in [4.78, 5) is 20.9. The number of piperazine rings is 1. The second-order valence-corrected chi connectivity index (χ2v) is 7.25. The van der Waals surface area contributed by atoms with Gasteiger partial charge in [-0.25, -0.2) is 0 Å². The first kappa shape index (κ1) is 21.3. The van der Waals surface area contributed by atoms with Crippen LogP contribution in [0.2, 0.25) is 0 Å². The van der Waals surface area contributed by atoms with Crippen molar-refractivity contribution in [2.75, 3.05) is 45.3 Å². The SMILES string of the molecule is COc1ccc(/C=C/C(=O)N2CCN(c3ccc(-c4ccccn4)nn3)CC2)cc1OC. The number of pyridine rings is 1. The number of carbonyl (C=O) groups is 1. The van der Waals surface area contributed by atoms with Gasteiger partial charge in [0.2, 0.25) is 5.91 Å². The smallest absolute Gasteiger partial charge is 0.246 e. The molecule has 4 rings (SSSR count). The Morgan fingerprint density at radius 1 is 0.906 bits per heavy atom. The maximum absolute atomic E-state index is 12.6. The zero-order chi connectivity index (χ0) is 22.3. The van der Waals surface area contributed by atoms with Gasteiger partial charge in [-0.2, -0.15) is 0 Å². The highest BCUT2D eigenvalue weighted by atomic mass is 16.5. The summed E-state index contributed by atoms with van der Waals surface area (Å²) in [5.41, 5.74) is 2.41. The molecule has 1 aromatic carbocycles. The van der Waals surface area contributed by atoms with Gasteiger partial charge in [-0.05, 0) is 48.0 Å². The molecule has 1 aliphatic rings. The van der Waals surface area contributed by atoms with Crippen LogP contribution in [-0.4, -0.2) is 66.4 Å². The third kappa shape index (κ3) is 4.85. The lowest BCUT2D eigenvalue weighted by atomic mass is 10.2. The highest BCUT2D eigenvalue weighted by molar-refractivity contribution is 5.92. The number of aromatic nitrogens is 3. The predicted molar refractivity (Wildman–Crippen MR) is 123 cm³/mol. The fourth-order valence-electron chi connectivity index (χ4n) is 3.53. The molecule has 8 heteroatoms. The van der Waals surface area contributed by atoms with Crippen molar-refractivity contribution in [3.8, 4) is 22.9 Å². The molecule has 0 bridgehead atoms. The number of amides is 1. The molecule has 1 amide bonds. The van der Waals surface area contributed by atoms with Crippen molar-refractivity contribution in [2.24, 2.45) is 0 Å². The van der Waals surface area contributed by atoms with E-state index in [4.69, 9.17) is 9.47 Å². The van der Waals surface area contributed by atoms with E-state index in [1.165, 1.54) is 0 Å². The summed E-state index contributed by atoms with van der Waals surface area (Å²) in [6.07, 6.45) is 5.12. The fraction of sp³-hybridized carbons (Fsp3) is 0.250. The molecule has 0 N–H and O–H groups in total. The summed E-state index contributed by atoms with van der Waals surface area (Å²) in [5.74, 6) is 2.07. The first-order valence-electron chi connectivity index (χ1n) is 10.4. The second kappa shape index (κ2) is 9.91. The van der Waals surface area contributed by atoms with Crippen molar-refractivity contribution in [2.45, 2.75) is 0 Å². The largest absolute Gasteiger partial charge is 0.493 e. The van der Waals surface area contributed by atoms with Gasteiger partial charge in [0.05, 0.1) is 19.9 Å². The van der Waals surface area contributed by atoms with Crippen molar-refractivity contribution >= 4 is 17.8 Å². The molecular weight excluding hydrogens is 406 g/mol. The van der Waals surface area contributed by atoms with Gasteiger partial charge < -0.3 is 19.3 Å². The van der Waals surface area contributed by atoms with Crippen molar-refractivity contribution in [3.63, 3.8) is 0 Å². The van der Waals surface area contributed by atoms with E-state index in [0.29, 0.717) is 37.7 Å². The van der Waals surface area contributed by atoms with Gasteiger partial charge in [0.1, 0.15) is 5.69 Å². The van der Waals surface area contributed by atoms with Gasteiger partial charge in [-0.1, -0.05) is 12.1 Å². The number of methoxy groups -OCH3 is 2. The quantitative estimate of drug-likeness (QED) is 0.555. The summed E-state index contributed by atoms with van der Waals surface area (Å²) >= 11 is 0. The Labute approximate surface area is 187 Å².